The molecule has 2 N–H and O–H groups in total. The lowest BCUT2D eigenvalue weighted by Gasteiger charge is -2.08. The summed E-state index contributed by atoms with van der Waals surface area (Å²) in [4.78, 5) is 17.1. The Hall–Kier alpha value is -2.46. The van der Waals surface area contributed by atoms with Crippen molar-refractivity contribution in [1.29, 1.82) is 0 Å². The smallest absolute Gasteiger partial charge is 0.228 e. The number of allylic oxidation sites excluding steroid dienone is 5. The molecule has 0 spiro atoms. The molecule has 0 bridgehead atoms. The van der Waals surface area contributed by atoms with Crippen LogP contribution in [0.5, 0.6) is 0 Å². The van der Waals surface area contributed by atoms with Gasteiger partial charge in [-0.2, -0.15) is 0 Å². The number of hydrogen-bond donors (Lipinski definition) is 2. The molecule has 1 atom stereocenters. The molecule has 116 valence electrons. The van der Waals surface area contributed by atoms with Crippen LogP contribution >= 0.6 is 11.8 Å². The maximum atomic E-state index is 12.2. The van der Waals surface area contributed by atoms with Crippen molar-refractivity contribution in [3.63, 3.8) is 0 Å². The number of amides is 1. The Morgan fingerprint density at radius 2 is 2.12 bits per heavy atom. The van der Waals surface area contributed by atoms with E-state index in [1.807, 2.05) is 11.8 Å². The molecule has 1 aromatic heterocycles. The van der Waals surface area contributed by atoms with Gasteiger partial charge in [0.2, 0.25) is 5.91 Å². The van der Waals surface area contributed by atoms with Gasteiger partial charge in [0.05, 0.1) is 22.9 Å². The third kappa shape index (κ3) is 1.47. The van der Waals surface area contributed by atoms with E-state index in [4.69, 9.17) is 0 Å². The van der Waals surface area contributed by atoms with E-state index in [-0.39, 0.29) is 5.91 Å². The SMILES string of the molecule is O=C1Cc2c(c3c(c4[nH]c5c(c24)CC=CC=5)SC2C=CC=CC=32)N1. The summed E-state index contributed by atoms with van der Waals surface area (Å²) >= 11 is 1.89. The maximum absolute atomic E-state index is 12.2. The molecule has 0 saturated carbocycles. The van der Waals surface area contributed by atoms with E-state index in [2.05, 4.69) is 52.8 Å². The highest BCUT2D eigenvalue weighted by Crippen LogP contribution is 2.43. The first-order valence-electron chi connectivity index (χ1n) is 8.23. The van der Waals surface area contributed by atoms with E-state index in [0.29, 0.717) is 11.7 Å². The van der Waals surface area contributed by atoms with Gasteiger partial charge >= 0.3 is 0 Å². The van der Waals surface area contributed by atoms with Crippen LogP contribution in [0, 0.1) is 0 Å². The predicted molar refractivity (Wildman–Crippen MR) is 98.5 cm³/mol. The normalized spacial score (nSPS) is 22.2. The lowest BCUT2D eigenvalue weighted by Crippen LogP contribution is -2.15. The summed E-state index contributed by atoms with van der Waals surface area (Å²) in [6, 6.07) is 0. The monoisotopic (exact) mass is 330 g/mol. The van der Waals surface area contributed by atoms with Crippen LogP contribution in [-0.2, 0) is 17.6 Å². The number of H-pyrrole nitrogens is 1. The number of anilines is 1. The molecule has 24 heavy (non-hydrogen) atoms. The van der Waals surface area contributed by atoms with Crippen LogP contribution in [-0.4, -0.2) is 16.1 Å². The maximum Gasteiger partial charge on any atom is 0.228 e. The van der Waals surface area contributed by atoms with Gasteiger partial charge in [-0.3, -0.25) is 4.79 Å². The molecule has 4 heteroatoms. The summed E-state index contributed by atoms with van der Waals surface area (Å²) < 4.78 is 0. The Morgan fingerprint density at radius 3 is 3.08 bits per heavy atom. The molecule has 2 aromatic rings. The van der Waals surface area contributed by atoms with Gasteiger partial charge in [0.1, 0.15) is 0 Å². The third-order valence-electron chi connectivity index (χ3n) is 5.28. The second kappa shape index (κ2) is 4.33. The molecule has 0 radical (unpaired) electrons. The molecule has 3 nitrogen and oxygen atoms in total. The first-order valence-corrected chi connectivity index (χ1v) is 9.11. The molecule has 0 fully saturated rings. The lowest BCUT2D eigenvalue weighted by molar-refractivity contribution is -0.115. The van der Waals surface area contributed by atoms with Gasteiger partial charge in [0, 0.05) is 20.8 Å². The summed E-state index contributed by atoms with van der Waals surface area (Å²) in [6.07, 6.45) is 16.5. The minimum Gasteiger partial charge on any atom is -0.354 e. The van der Waals surface area contributed by atoms with Gasteiger partial charge in [-0.25, -0.2) is 0 Å². The van der Waals surface area contributed by atoms with Gasteiger partial charge in [-0.05, 0) is 29.2 Å². The summed E-state index contributed by atoms with van der Waals surface area (Å²) in [6.45, 7) is 0. The van der Waals surface area contributed by atoms with Crippen LogP contribution in [0.2, 0.25) is 0 Å². The number of thioether (sulfide) groups is 1. The summed E-state index contributed by atoms with van der Waals surface area (Å²) in [7, 11) is 0. The number of aromatic nitrogens is 1. The van der Waals surface area contributed by atoms with E-state index < -0.39 is 0 Å². The van der Waals surface area contributed by atoms with Crippen molar-refractivity contribution in [3.8, 4) is 0 Å². The lowest BCUT2D eigenvalue weighted by atomic mass is 9.96. The van der Waals surface area contributed by atoms with Crippen molar-refractivity contribution in [2.45, 2.75) is 23.0 Å². The topological polar surface area (TPSA) is 44.9 Å². The van der Waals surface area contributed by atoms with E-state index in [1.165, 1.54) is 43.1 Å². The fourth-order valence-corrected chi connectivity index (χ4v) is 5.67. The number of hydrogen-bond acceptors (Lipinski definition) is 2. The van der Waals surface area contributed by atoms with Crippen LogP contribution < -0.4 is 15.9 Å². The van der Waals surface area contributed by atoms with Crippen molar-refractivity contribution in [1.82, 2.24) is 4.98 Å². The second-order valence-corrected chi connectivity index (χ2v) is 7.74. The molecular formula is C20H14N2OS. The number of benzene rings is 1. The average molecular weight is 330 g/mol. The number of nitrogens with one attached hydrogen (secondary N) is 2. The Balaban J connectivity index is 1.85. The highest BCUT2D eigenvalue weighted by atomic mass is 32.2. The zero-order valence-electron chi connectivity index (χ0n) is 12.8. The van der Waals surface area contributed by atoms with Gasteiger partial charge in [-0.1, -0.05) is 36.5 Å². The van der Waals surface area contributed by atoms with Gasteiger partial charge in [0.15, 0.2) is 0 Å². The number of aromatic amines is 1. The molecule has 6 rings (SSSR count). The molecule has 4 aliphatic rings. The zero-order valence-corrected chi connectivity index (χ0v) is 13.7. The number of fused-ring (bicyclic) bond motifs is 9. The van der Waals surface area contributed by atoms with Crippen molar-refractivity contribution in [2.75, 3.05) is 5.32 Å². The van der Waals surface area contributed by atoms with Gasteiger partial charge in [-0.15, -0.1) is 11.8 Å². The molecular weight excluding hydrogens is 316 g/mol. The zero-order chi connectivity index (χ0) is 15.8. The van der Waals surface area contributed by atoms with Crippen molar-refractivity contribution < 1.29 is 4.79 Å². The first-order chi connectivity index (χ1) is 11.8. The van der Waals surface area contributed by atoms with Gasteiger partial charge < -0.3 is 10.3 Å². The van der Waals surface area contributed by atoms with E-state index in [9.17, 15) is 4.79 Å². The van der Waals surface area contributed by atoms with Crippen LogP contribution in [0.1, 0.15) is 11.1 Å². The van der Waals surface area contributed by atoms with Crippen LogP contribution in [0.25, 0.3) is 22.6 Å². The average Bonchev–Trinajstić information content (AvgIpc) is 3.25. The largest absolute Gasteiger partial charge is 0.354 e. The number of carbonyl (C=O) groups excluding carboxylic acids is 1. The van der Waals surface area contributed by atoms with Crippen molar-refractivity contribution >= 4 is 45.9 Å². The second-order valence-electron chi connectivity index (χ2n) is 6.59. The Labute approximate surface area is 142 Å². The quantitative estimate of drug-likeness (QED) is 0.779. The Morgan fingerprint density at radius 1 is 1.17 bits per heavy atom. The van der Waals surface area contributed by atoms with Crippen LogP contribution in [0.15, 0.2) is 41.4 Å². The molecule has 1 unspecified atom stereocenters. The summed E-state index contributed by atoms with van der Waals surface area (Å²) in [5.41, 5.74) is 6.07. The van der Waals surface area contributed by atoms with Crippen molar-refractivity contribution in [3.05, 3.63) is 58.2 Å². The molecule has 3 heterocycles. The molecule has 2 aliphatic heterocycles. The highest BCUT2D eigenvalue weighted by Gasteiger charge is 2.33. The first kappa shape index (κ1) is 12.9. The van der Waals surface area contributed by atoms with E-state index >= 15 is 0 Å². The number of rotatable bonds is 0. The summed E-state index contributed by atoms with van der Waals surface area (Å²) in [5, 5.41) is 7.17. The van der Waals surface area contributed by atoms with Crippen LogP contribution in [0.4, 0.5) is 5.69 Å². The molecule has 0 saturated heterocycles. The van der Waals surface area contributed by atoms with Crippen molar-refractivity contribution in [2.24, 2.45) is 0 Å². The Bertz CT molecular complexity index is 1180. The predicted octanol–water partition coefficient (Wildman–Crippen LogP) is 2.31. The molecule has 2 aliphatic carbocycles. The highest BCUT2D eigenvalue weighted by molar-refractivity contribution is 8.01. The minimum atomic E-state index is 0.106. The van der Waals surface area contributed by atoms with E-state index in [1.54, 1.807) is 0 Å². The number of carbonyl (C=O) groups is 1. The molecule has 1 amide bonds. The van der Waals surface area contributed by atoms with E-state index in [0.717, 1.165) is 12.1 Å². The fraction of sp³-hybridized carbons (Fsp3) is 0.150. The standard InChI is InChI=1S/C20H14N2OS/c23-15-9-12-16-10-5-1-3-7-13(10)21-19(16)20-17(18(12)22-15)11-6-2-4-8-14(11)24-20/h1-4,6-8,14,21H,5,9H2,(H,22,23). The van der Waals surface area contributed by atoms with Gasteiger partial charge in [0.25, 0.3) is 0 Å². The Kier molecular flexibility index (Phi) is 2.33. The third-order valence-corrected chi connectivity index (χ3v) is 6.59. The minimum absolute atomic E-state index is 0.106. The fourth-order valence-electron chi connectivity index (χ4n) is 4.31. The van der Waals surface area contributed by atoms with Crippen LogP contribution in [0.3, 0.4) is 0 Å². The molecule has 1 aromatic carbocycles. The summed E-state index contributed by atoms with van der Waals surface area (Å²) in [5.74, 6) is 0.106.